The maximum Gasteiger partial charge on any atom is 0.119 e. The minimum atomic E-state index is 0.809. The number of rotatable bonds is 5. The molecule has 2 aromatic carbocycles. The largest absolute Gasteiger partial charge is 0.492 e. The fourth-order valence-corrected chi connectivity index (χ4v) is 6.04. The van der Waals surface area contributed by atoms with Gasteiger partial charge in [-0.3, -0.25) is 4.90 Å². The lowest BCUT2D eigenvalue weighted by Gasteiger charge is -2.26. The standard InChI is InChI=1S/C16H18S.C14H21NO.C2H6/c1-11-7-9-13(10-8-11)16-12(2)14-5-3-4-6-15(14)17-16;1-13-5-7-14(8-6-13)16-12-11-15-9-3-2-4-10-15;1-2/h3-6,9,11H,7-8,10H2,1-2H3;5-8H,2-4,9-12H2,1H3;1-2H3. The quantitative estimate of drug-likeness (QED) is 0.352. The molecule has 2 heterocycles. The van der Waals surface area contributed by atoms with Gasteiger partial charge in [0.1, 0.15) is 12.4 Å². The second-order valence-corrected chi connectivity index (χ2v) is 10.8. The summed E-state index contributed by atoms with van der Waals surface area (Å²) in [6.45, 7) is 15.1. The number of piperidine rings is 1. The van der Waals surface area contributed by atoms with Crippen LogP contribution in [0.1, 0.15) is 75.3 Å². The Labute approximate surface area is 218 Å². The summed E-state index contributed by atoms with van der Waals surface area (Å²) in [7, 11) is 0. The lowest BCUT2D eigenvalue weighted by molar-refractivity contribution is 0.183. The van der Waals surface area contributed by atoms with Crippen LogP contribution in [-0.4, -0.2) is 31.1 Å². The van der Waals surface area contributed by atoms with Crippen LogP contribution in [0.15, 0.2) is 54.6 Å². The monoisotopic (exact) mass is 491 g/mol. The number of nitrogens with zero attached hydrogens (tertiary/aromatic N) is 1. The molecule has 5 rings (SSSR count). The first kappa shape index (κ1) is 27.5. The molecule has 3 aromatic rings. The normalized spacial score (nSPS) is 18.1. The van der Waals surface area contributed by atoms with Gasteiger partial charge < -0.3 is 4.74 Å². The van der Waals surface area contributed by atoms with Crippen LogP contribution < -0.4 is 4.74 Å². The van der Waals surface area contributed by atoms with Crippen LogP contribution in [0.4, 0.5) is 0 Å². The van der Waals surface area contributed by atoms with Gasteiger partial charge in [0.2, 0.25) is 0 Å². The number of fused-ring (bicyclic) bond motifs is 1. The first-order valence-corrected chi connectivity index (χ1v) is 14.5. The molecule has 1 unspecified atom stereocenters. The third-order valence-electron chi connectivity index (χ3n) is 6.95. The zero-order chi connectivity index (χ0) is 25.0. The Morgan fingerprint density at radius 2 is 1.66 bits per heavy atom. The van der Waals surface area contributed by atoms with Crippen molar-refractivity contribution in [1.82, 2.24) is 4.90 Å². The summed E-state index contributed by atoms with van der Waals surface area (Å²) in [5, 5.41) is 1.44. The molecule has 1 aromatic heterocycles. The van der Waals surface area contributed by atoms with Crippen molar-refractivity contribution < 1.29 is 4.74 Å². The molecule has 2 aliphatic rings. The van der Waals surface area contributed by atoms with Crippen LogP contribution in [0, 0.1) is 19.8 Å². The zero-order valence-electron chi connectivity index (χ0n) is 22.6. The number of hydrogen-bond donors (Lipinski definition) is 0. The van der Waals surface area contributed by atoms with E-state index >= 15 is 0 Å². The van der Waals surface area contributed by atoms with Crippen molar-refractivity contribution in [3.63, 3.8) is 0 Å². The predicted molar refractivity (Wildman–Crippen MR) is 156 cm³/mol. The van der Waals surface area contributed by atoms with Crippen molar-refractivity contribution >= 4 is 27.0 Å². The van der Waals surface area contributed by atoms with E-state index in [9.17, 15) is 0 Å². The van der Waals surface area contributed by atoms with Crippen LogP contribution in [0.2, 0.25) is 0 Å². The lowest BCUT2D eigenvalue weighted by Crippen LogP contribution is -2.33. The number of allylic oxidation sites excluding steroid dienone is 2. The highest BCUT2D eigenvalue weighted by molar-refractivity contribution is 7.20. The van der Waals surface area contributed by atoms with Crippen molar-refractivity contribution in [2.75, 3.05) is 26.2 Å². The van der Waals surface area contributed by atoms with Crippen LogP contribution >= 0.6 is 11.3 Å². The molecular weight excluding hydrogens is 446 g/mol. The van der Waals surface area contributed by atoms with E-state index in [0.29, 0.717) is 0 Å². The summed E-state index contributed by atoms with van der Waals surface area (Å²) in [5.41, 5.74) is 4.34. The first-order chi connectivity index (χ1) is 17.1. The van der Waals surface area contributed by atoms with Crippen LogP contribution in [0.3, 0.4) is 0 Å². The van der Waals surface area contributed by atoms with Gasteiger partial charge in [-0.2, -0.15) is 0 Å². The minimum absolute atomic E-state index is 0.809. The van der Waals surface area contributed by atoms with Crippen molar-refractivity contribution in [2.45, 2.75) is 73.1 Å². The van der Waals surface area contributed by atoms with E-state index in [-0.39, 0.29) is 0 Å². The van der Waals surface area contributed by atoms with Gasteiger partial charge in [0.25, 0.3) is 0 Å². The molecule has 1 atom stereocenters. The van der Waals surface area contributed by atoms with E-state index < -0.39 is 0 Å². The van der Waals surface area contributed by atoms with Crippen molar-refractivity contribution in [3.8, 4) is 5.75 Å². The number of hydrogen-bond acceptors (Lipinski definition) is 3. The Morgan fingerprint density at radius 1 is 0.943 bits per heavy atom. The second kappa shape index (κ2) is 14.5. The van der Waals surface area contributed by atoms with Gasteiger partial charge in [-0.05, 0) is 99.7 Å². The van der Waals surface area contributed by atoms with E-state index in [1.54, 1.807) is 5.57 Å². The average Bonchev–Trinajstić information content (AvgIpc) is 3.24. The summed E-state index contributed by atoms with van der Waals surface area (Å²) in [6.07, 6.45) is 10.4. The minimum Gasteiger partial charge on any atom is -0.492 e. The highest BCUT2D eigenvalue weighted by Crippen LogP contribution is 2.39. The molecule has 0 bridgehead atoms. The Kier molecular flexibility index (Phi) is 11.4. The van der Waals surface area contributed by atoms with E-state index in [0.717, 1.165) is 24.8 Å². The first-order valence-electron chi connectivity index (χ1n) is 13.7. The van der Waals surface area contributed by atoms with Gasteiger partial charge >= 0.3 is 0 Å². The van der Waals surface area contributed by atoms with Gasteiger partial charge in [0, 0.05) is 16.1 Å². The van der Waals surface area contributed by atoms with Gasteiger partial charge in [-0.25, -0.2) is 0 Å². The summed E-state index contributed by atoms with van der Waals surface area (Å²) >= 11 is 1.96. The van der Waals surface area contributed by atoms with Crippen LogP contribution in [0.25, 0.3) is 15.7 Å². The zero-order valence-corrected chi connectivity index (χ0v) is 23.4. The number of likely N-dealkylation sites (tertiary alicyclic amines) is 1. The predicted octanol–water partition coefficient (Wildman–Crippen LogP) is 9.30. The van der Waals surface area contributed by atoms with Crippen LogP contribution in [0.5, 0.6) is 5.75 Å². The van der Waals surface area contributed by atoms with Gasteiger partial charge in [-0.15, -0.1) is 11.3 Å². The van der Waals surface area contributed by atoms with Crippen molar-refractivity contribution in [2.24, 2.45) is 5.92 Å². The topological polar surface area (TPSA) is 12.5 Å². The summed E-state index contributed by atoms with van der Waals surface area (Å²) in [4.78, 5) is 4.02. The van der Waals surface area contributed by atoms with Crippen molar-refractivity contribution in [1.29, 1.82) is 0 Å². The Balaban J connectivity index is 0.000000183. The Morgan fingerprint density at radius 3 is 2.31 bits per heavy atom. The lowest BCUT2D eigenvalue weighted by atomic mass is 9.89. The molecule has 0 amide bonds. The molecule has 3 heteroatoms. The molecule has 0 spiro atoms. The number of ether oxygens (including phenoxy) is 1. The molecule has 1 saturated heterocycles. The molecule has 0 radical (unpaired) electrons. The van der Waals surface area contributed by atoms with Crippen LogP contribution in [-0.2, 0) is 0 Å². The van der Waals surface area contributed by atoms with Gasteiger partial charge in [0.15, 0.2) is 0 Å². The van der Waals surface area contributed by atoms with Gasteiger partial charge in [-0.1, -0.05) is 69.2 Å². The highest BCUT2D eigenvalue weighted by Gasteiger charge is 2.16. The Bertz CT molecular complexity index is 1040. The van der Waals surface area contributed by atoms with E-state index in [2.05, 4.69) is 68.1 Å². The maximum atomic E-state index is 5.72. The molecule has 1 fully saturated rings. The molecule has 0 saturated carbocycles. The maximum absolute atomic E-state index is 5.72. The molecule has 1 aliphatic heterocycles. The molecule has 190 valence electrons. The average molecular weight is 492 g/mol. The second-order valence-electron chi connectivity index (χ2n) is 9.73. The smallest absolute Gasteiger partial charge is 0.119 e. The number of aryl methyl sites for hydroxylation is 2. The fourth-order valence-electron chi connectivity index (χ4n) is 4.76. The fraction of sp³-hybridized carbons (Fsp3) is 0.500. The highest BCUT2D eigenvalue weighted by atomic mass is 32.1. The summed E-state index contributed by atoms with van der Waals surface area (Å²) in [5.74, 6) is 1.86. The van der Waals surface area contributed by atoms with Gasteiger partial charge in [0.05, 0.1) is 0 Å². The molecular formula is C32H45NOS. The molecule has 1 aliphatic carbocycles. The summed E-state index contributed by atoms with van der Waals surface area (Å²) < 4.78 is 7.15. The van der Waals surface area contributed by atoms with E-state index in [1.165, 1.54) is 77.7 Å². The third kappa shape index (κ3) is 8.22. The number of thiophene rings is 1. The molecule has 0 N–H and O–H groups in total. The molecule has 35 heavy (non-hydrogen) atoms. The van der Waals surface area contributed by atoms with E-state index in [4.69, 9.17) is 4.74 Å². The number of benzene rings is 2. The van der Waals surface area contributed by atoms with E-state index in [1.807, 2.05) is 37.3 Å². The SMILES string of the molecule is CC.Cc1c(C2=CCC(C)CC2)sc2ccccc12.Cc1ccc(OCCN2CCCCC2)cc1. The Hall–Kier alpha value is -2.10. The molecule has 2 nitrogen and oxygen atoms in total. The van der Waals surface area contributed by atoms with Crippen molar-refractivity contribution in [3.05, 3.63) is 70.6 Å². The summed E-state index contributed by atoms with van der Waals surface area (Å²) in [6, 6.07) is 17.0. The third-order valence-corrected chi connectivity index (χ3v) is 8.30.